The molecule has 1 aromatic carbocycles. The van der Waals surface area contributed by atoms with Crippen molar-refractivity contribution in [2.75, 3.05) is 27.7 Å². The summed E-state index contributed by atoms with van der Waals surface area (Å²) in [6.07, 6.45) is -0.407. The number of alkyl carbamates (subject to hydrolysis) is 1. The highest BCUT2D eigenvalue weighted by molar-refractivity contribution is 5.67. The number of likely N-dealkylation sites (N-methyl/N-ethyl adjacent to an activating group) is 1. The Balaban J connectivity index is 0. The molecule has 0 saturated heterocycles. The topological polar surface area (TPSA) is 41.6 Å². The Kier molecular flexibility index (Phi) is 14.4. The number of amides is 1. The average molecular weight is 282 g/mol. The summed E-state index contributed by atoms with van der Waals surface area (Å²) in [5, 5.41) is 2.81. The summed E-state index contributed by atoms with van der Waals surface area (Å²) >= 11 is 0. The molecule has 0 fully saturated rings. The van der Waals surface area contributed by atoms with Crippen LogP contribution in [0, 0.1) is 0 Å². The molecule has 0 bridgehead atoms. The van der Waals surface area contributed by atoms with E-state index in [1.54, 1.807) is 0 Å². The maximum absolute atomic E-state index is 11.2. The van der Waals surface area contributed by atoms with Gasteiger partial charge in [-0.05, 0) is 19.7 Å². The van der Waals surface area contributed by atoms with Gasteiger partial charge in [-0.2, -0.15) is 0 Å². The Bertz CT molecular complexity index is 327. The Hall–Kier alpha value is -1.55. The van der Waals surface area contributed by atoms with Gasteiger partial charge in [0.2, 0.25) is 0 Å². The van der Waals surface area contributed by atoms with E-state index in [0.717, 1.165) is 12.1 Å². The number of carbonyl (C=O) groups is 1. The van der Waals surface area contributed by atoms with Crippen molar-refractivity contribution in [2.24, 2.45) is 0 Å². The third-order valence-electron chi connectivity index (χ3n) is 2.23. The standard InChI is InChI=1S/C12H18N2O2.2C2H6/c1-14(2)9-11(13-12(15)16-3)10-7-5-4-6-8-10;2*1-2/h4-8,11H,9H2,1-3H3,(H,13,15);2*1-2H3. The lowest BCUT2D eigenvalue weighted by Gasteiger charge is -2.22. The van der Waals surface area contributed by atoms with Gasteiger partial charge in [0.05, 0.1) is 13.2 Å². The van der Waals surface area contributed by atoms with Crippen molar-refractivity contribution < 1.29 is 9.53 Å². The maximum atomic E-state index is 11.2. The highest BCUT2D eigenvalue weighted by Gasteiger charge is 2.15. The SMILES string of the molecule is CC.CC.COC(=O)NC(CN(C)C)c1ccccc1. The van der Waals surface area contributed by atoms with Crippen LogP contribution in [0.2, 0.25) is 0 Å². The lowest BCUT2D eigenvalue weighted by atomic mass is 10.1. The second kappa shape index (κ2) is 13.9. The summed E-state index contributed by atoms with van der Waals surface area (Å²) in [7, 11) is 5.30. The molecule has 0 aliphatic rings. The molecule has 0 aromatic heterocycles. The minimum atomic E-state index is -0.407. The number of ether oxygens (including phenoxy) is 1. The number of methoxy groups -OCH3 is 1. The molecule has 0 heterocycles. The number of rotatable bonds is 4. The van der Waals surface area contributed by atoms with Crippen molar-refractivity contribution >= 4 is 6.09 Å². The van der Waals surface area contributed by atoms with Crippen LogP contribution in [-0.4, -0.2) is 38.7 Å². The van der Waals surface area contributed by atoms with Gasteiger partial charge in [-0.15, -0.1) is 0 Å². The second-order valence-electron chi connectivity index (χ2n) is 3.86. The molecule has 0 saturated carbocycles. The van der Waals surface area contributed by atoms with Gasteiger partial charge in [0.1, 0.15) is 0 Å². The molecule has 1 aromatic rings. The van der Waals surface area contributed by atoms with E-state index < -0.39 is 6.09 Å². The van der Waals surface area contributed by atoms with Crippen LogP contribution >= 0.6 is 0 Å². The summed E-state index contributed by atoms with van der Waals surface area (Å²) < 4.78 is 4.62. The fourth-order valence-corrected chi connectivity index (χ4v) is 1.49. The van der Waals surface area contributed by atoms with Gasteiger partial charge in [0.25, 0.3) is 0 Å². The van der Waals surface area contributed by atoms with Gasteiger partial charge in [0, 0.05) is 6.54 Å². The molecule has 4 nitrogen and oxygen atoms in total. The highest BCUT2D eigenvalue weighted by atomic mass is 16.5. The van der Waals surface area contributed by atoms with Gasteiger partial charge >= 0.3 is 6.09 Å². The van der Waals surface area contributed by atoms with Gasteiger partial charge in [-0.3, -0.25) is 0 Å². The van der Waals surface area contributed by atoms with E-state index >= 15 is 0 Å². The minimum Gasteiger partial charge on any atom is -0.453 e. The monoisotopic (exact) mass is 282 g/mol. The van der Waals surface area contributed by atoms with Crippen molar-refractivity contribution in [1.29, 1.82) is 0 Å². The lowest BCUT2D eigenvalue weighted by molar-refractivity contribution is 0.164. The van der Waals surface area contributed by atoms with Gasteiger partial charge in [0.15, 0.2) is 0 Å². The molecule has 0 radical (unpaired) electrons. The number of carbonyl (C=O) groups excluding carboxylic acids is 1. The third-order valence-corrected chi connectivity index (χ3v) is 2.23. The first-order valence-electron chi connectivity index (χ1n) is 7.17. The summed E-state index contributed by atoms with van der Waals surface area (Å²) in [6, 6.07) is 9.79. The van der Waals surface area contributed by atoms with E-state index in [1.807, 2.05) is 77.0 Å². The van der Waals surface area contributed by atoms with E-state index in [1.165, 1.54) is 7.11 Å². The largest absolute Gasteiger partial charge is 0.453 e. The maximum Gasteiger partial charge on any atom is 0.407 e. The zero-order valence-corrected chi connectivity index (χ0v) is 13.9. The molecule has 4 heteroatoms. The van der Waals surface area contributed by atoms with Crippen LogP contribution in [0.3, 0.4) is 0 Å². The fourth-order valence-electron chi connectivity index (χ4n) is 1.49. The first-order valence-corrected chi connectivity index (χ1v) is 7.17. The van der Waals surface area contributed by atoms with Crippen molar-refractivity contribution in [2.45, 2.75) is 33.7 Å². The Labute approximate surface area is 124 Å². The van der Waals surface area contributed by atoms with Crippen LogP contribution in [0.1, 0.15) is 39.3 Å². The molecule has 1 rings (SSSR count). The van der Waals surface area contributed by atoms with Crippen molar-refractivity contribution in [1.82, 2.24) is 10.2 Å². The molecule has 1 N–H and O–H groups in total. The summed E-state index contributed by atoms with van der Waals surface area (Å²) in [5.41, 5.74) is 1.07. The van der Waals surface area contributed by atoms with Crippen LogP contribution in [-0.2, 0) is 4.74 Å². The number of hydrogen-bond acceptors (Lipinski definition) is 3. The van der Waals surface area contributed by atoms with E-state index in [4.69, 9.17) is 0 Å². The molecule has 1 atom stereocenters. The molecule has 1 amide bonds. The highest BCUT2D eigenvalue weighted by Crippen LogP contribution is 2.13. The number of nitrogens with zero attached hydrogens (tertiary/aromatic N) is 1. The van der Waals surface area contributed by atoms with Gasteiger partial charge < -0.3 is 15.0 Å². The summed E-state index contributed by atoms with van der Waals surface area (Å²) in [5.74, 6) is 0. The predicted octanol–water partition coefficient (Wildman–Crippen LogP) is 3.70. The van der Waals surface area contributed by atoms with Crippen molar-refractivity contribution in [3.63, 3.8) is 0 Å². The molecule has 0 spiro atoms. The van der Waals surface area contributed by atoms with Crippen LogP contribution in [0.25, 0.3) is 0 Å². The van der Waals surface area contributed by atoms with Gasteiger partial charge in [-0.1, -0.05) is 58.0 Å². The van der Waals surface area contributed by atoms with Crippen LogP contribution in [0.4, 0.5) is 4.79 Å². The molecule has 20 heavy (non-hydrogen) atoms. The summed E-state index contributed by atoms with van der Waals surface area (Å²) in [6.45, 7) is 8.74. The molecule has 0 aliphatic carbocycles. The normalized spacial score (nSPS) is 10.4. The first kappa shape index (κ1) is 20.8. The Morgan fingerprint density at radius 2 is 1.65 bits per heavy atom. The second-order valence-corrected chi connectivity index (χ2v) is 3.86. The van der Waals surface area contributed by atoms with E-state index in [9.17, 15) is 4.79 Å². The van der Waals surface area contributed by atoms with Crippen LogP contribution < -0.4 is 5.32 Å². The van der Waals surface area contributed by atoms with Gasteiger partial charge in [-0.25, -0.2) is 4.79 Å². The lowest BCUT2D eigenvalue weighted by Crippen LogP contribution is -2.35. The van der Waals surface area contributed by atoms with E-state index in [-0.39, 0.29) is 6.04 Å². The molecular formula is C16H30N2O2. The van der Waals surface area contributed by atoms with E-state index in [2.05, 4.69) is 10.1 Å². The number of hydrogen-bond donors (Lipinski definition) is 1. The quantitative estimate of drug-likeness (QED) is 0.915. The Morgan fingerprint density at radius 1 is 1.15 bits per heavy atom. The predicted molar refractivity (Wildman–Crippen MR) is 86.0 cm³/mol. The zero-order valence-electron chi connectivity index (χ0n) is 13.9. The van der Waals surface area contributed by atoms with Crippen molar-refractivity contribution in [3.8, 4) is 0 Å². The smallest absolute Gasteiger partial charge is 0.407 e. The molecule has 0 aliphatic heterocycles. The third kappa shape index (κ3) is 9.39. The molecule has 1 unspecified atom stereocenters. The summed E-state index contributed by atoms with van der Waals surface area (Å²) in [4.78, 5) is 13.2. The van der Waals surface area contributed by atoms with Crippen molar-refractivity contribution in [3.05, 3.63) is 35.9 Å². The van der Waals surface area contributed by atoms with Crippen LogP contribution in [0.15, 0.2) is 30.3 Å². The zero-order chi connectivity index (χ0) is 16.0. The molecule has 116 valence electrons. The van der Waals surface area contributed by atoms with E-state index in [0.29, 0.717) is 0 Å². The van der Waals surface area contributed by atoms with Crippen LogP contribution in [0.5, 0.6) is 0 Å². The fraction of sp³-hybridized carbons (Fsp3) is 0.562. The number of benzene rings is 1. The number of nitrogens with one attached hydrogen (secondary N) is 1. The minimum absolute atomic E-state index is 0.0522. The average Bonchev–Trinajstić information content (AvgIpc) is 2.51. The first-order chi connectivity index (χ1) is 9.63. The molecular weight excluding hydrogens is 252 g/mol. The Morgan fingerprint density at radius 3 is 2.05 bits per heavy atom.